The largest absolute Gasteiger partial charge is 0.313 e. The monoisotopic (exact) mass is 253 g/mol. The van der Waals surface area contributed by atoms with Crippen LogP contribution in [-0.4, -0.2) is 12.6 Å². The van der Waals surface area contributed by atoms with Crippen LogP contribution in [0, 0.1) is 12.3 Å². The minimum Gasteiger partial charge on any atom is -0.313 e. The Balaban J connectivity index is 2.49. The van der Waals surface area contributed by atoms with Gasteiger partial charge in [-0.1, -0.05) is 27.7 Å². The Hall–Kier alpha value is -0.340. The molecule has 0 spiro atoms. The molecule has 0 aliphatic rings. The van der Waals surface area contributed by atoms with Gasteiger partial charge in [0.2, 0.25) is 0 Å². The summed E-state index contributed by atoms with van der Waals surface area (Å²) in [6.45, 7) is 12.5. The van der Waals surface area contributed by atoms with E-state index in [1.807, 2.05) is 11.3 Å². The van der Waals surface area contributed by atoms with Crippen molar-refractivity contribution in [3.05, 3.63) is 21.9 Å². The molecule has 98 valence electrons. The SMILES string of the molecule is CCCNC(CCc1csc(C)c1)C(C)(C)C. The molecule has 1 rings (SSSR count). The van der Waals surface area contributed by atoms with Gasteiger partial charge in [0, 0.05) is 10.9 Å². The molecule has 0 fully saturated rings. The molecular formula is C15H27NS. The van der Waals surface area contributed by atoms with Crippen molar-refractivity contribution in [2.45, 2.75) is 59.9 Å². The highest BCUT2D eigenvalue weighted by atomic mass is 32.1. The Morgan fingerprint density at radius 3 is 2.53 bits per heavy atom. The van der Waals surface area contributed by atoms with Crippen molar-refractivity contribution >= 4 is 11.3 Å². The van der Waals surface area contributed by atoms with Gasteiger partial charge in [0.25, 0.3) is 0 Å². The van der Waals surface area contributed by atoms with Crippen LogP contribution in [-0.2, 0) is 6.42 Å². The third kappa shape index (κ3) is 5.22. The smallest absolute Gasteiger partial charge is 0.0119 e. The first-order valence-corrected chi connectivity index (χ1v) is 7.59. The highest BCUT2D eigenvalue weighted by Crippen LogP contribution is 2.24. The van der Waals surface area contributed by atoms with Gasteiger partial charge < -0.3 is 5.32 Å². The van der Waals surface area contributed by atoms with E-state index in [-0.39, 0.29) is 0 Å². The van der Waals surface area contributed by atoms with Crippen molar-refractivity contribution in [3.63, 3.8) is 0 Å². The Morgan fingerprint density at radius 1 is 1.35 bits per heavy atom. The van der Waals surface area contributed by atoms with E-state index >= 15 is 0 Å². The van der Waals surface area contributed by atoms with Crippen molar-refractivity contribution in [1.82, 2.24) is 5.32 Å². The standard InChI is InChI=1S/C15H27NS/c1-6-9-16-14(15(3,4)5)8-7-13-10-12(2)17-11-13/h10-11,14,16H,6-9H2,1-5H3. The molecule has 0 amide bonds. The number of nitrogens with one attached hydrogen (secondary N) is 1. The first-order valence-electron chi connectivity index (χ1n) is 6.71. The van der Waals surface area contributed by atoms with E-state index in [1.54, 1.807) is 0 Å². The fraction of sp³-hybridized carbons (Fsp3) is 0.733. The van der Waals surface area contributed by atoms with Gasteiger partial charge in [-0.15, -0.1) is 11.3 Å². The van der Waals surface area contributed by atoms with Crippen LogP contribution in [0.4, 0.5) is 0 Å². The average molecular weight is 253 g/mol. The molecule has 2 heteroatoms. The van der Waals surface area contributed by atoms with Crippen molar-refractivity contribution in [3.8, 4) is 0 Å². The molecule has 1 heterocycles. The fourth-order valence-electron chi connectivity index (χ4n) is 2.10. The number of hydrogen-bond acceptors (Lipinski definition) is 2. The van der Waals surface area contributed by atoms with Gasteiger partial charge in [-0.25, -0.2) is 0 Å². The molecular weight excluding hydrogens is 226 g/mol. The molecule has 1 nitrogen and oxygen atoms in total. The van der Waals surface area contributed by atoms with Gasteiger partial charge in [0.05, 0.1) is 0 Å². The molecule has 0 radical (unpaired) electrons. The summed E-state index contributed by atoms with van der Waals surface area (Å²) in [4.78, 5) is 1.42. The van der Waals surface area contributed by atoms with Gasteiger partial charge in [-0.2, -0.15) is 0 Å². The Bertz CT molecular complexity index is 322. The van der Waals surface area contributed by atoms with E-state index in [2.05, 4.69) is 51.4 Å². The van der Waals surface area contributed by atoms with E-state index in [0.29, 0.717) is 11.5 Å². The summed E-state index contributed by atoms with van der Waals surface area (Å²) in [6, 6.07) is 2.94. The van der Waals surface area contributed by atoms with Crippen molar-refractivity contribution in [2.75, 3.05) is 6.54 Å². The lowest BCUT2D eigenvalue weighted by Crippen LogP contribution is -2.41. The van der Waals surface area contributed by atoms with Gasteiger partial charge >= 0.3 is 0 Å². The first-order chi connectivity index (χ1) is 7.93. The molecule has 0 saturated carbocycles. The highest BCUT2D eigenvalue weighted by Gasteiger charge is 2.23. The summed E-state index contributed by atoms with van der Waals surface area (Å²) in [7, 11) is 0. The maximum atomic E-state index is 3.69. The van der Waals surface area contributed by atoms with Gasteiger partial charge in [-0.3, -0.25) is 0 Å². The first kappa shape index (κ1) is 14.7. The molecule has 17 heavy (non-hydrogen) atoms. The Labute approximate surface area is 111 Å². The predicted octanol–water partition coefficient (Wildman–Crippen LogP) is 4.40. The number of hydrogen-bond donors (Lipinski definition) is 1. The zero-order valence-corrected chi connectivity index (χ0v) is 12.8. The average Bonchev–Trinajstić information content (AvgIpc) is 2.62. The van der Waals surface area contributed by atoms with Crippen LogP contribution >= 0.6 is 11.3 Å². The third-order valence-electron chi connectivity index (χ3n) is 3.19. The van der Waals surface area contributed by atoms with Crippen LogP contribution in [0.1, 0.15) is 51.0 Å². The molecule has 1 aromatic heterocycles. The second-order valence-electron chi connectivity index (χ2n) is 5.98. The molecule has 0 aromatic carbocycles. The number of rotatable bonds is 6. The number of thiophene rings is 1. The van der Waals surface area contributed by atoms with Gasteiger partial charge in [0.1, 0.15) is 0 Å². The van der Waals surface area contributed by atoms with Crippen LogP contribution in [0.2, 0.25) is 0 Å². The molecule has 0 bridgehead atoms. The van der Waals surface area contributed by atoms with Crippen molar-refractivity contribution < 1.29 is 0 Å². The molecule has 0 saturated heterocycles. The predicted molar refractivity (Wildman–Crippen MR) is 78.9 cm³/mol. The van der Waals surface area contributed by atoms with Crippen LogP contribution in [0.25, 0.3) is 0 Å². The van der Waals surface area contributed by atoms with E-state index in [0.717, 1.165) is 6.54 Å². The van der Waals surface area contributed by atoms with Crippen LogP contribution in [0.5, 0.6) is 0 Å². The quantitative estimate of drug-likeness (QED) is 0.792. The molecule has 1 aromatic rings. The molecule has 1 N–H and O–H groups in total. The maximum Gasteiger partial charge on any atom is 0.0119 e. The fourth-order valence-corrected chi connectivity index (χ4v) is 2.84. The second kappa shape index (κ2) is 6.55. The van der Waals surface area contributed by atoms with Crippen LogP contribution in [0.15, 0.2) is 11.4 Å². The van der Waals surface area contributed by atoms with E-state index < -0.39 is 0 Å². The topological polar surface area (TPSA) is 12.0 Å². The molecule has 1 atom stereocenters. The summed E-state index contributed by atoms with van der Waals surface area (Å²) in [5.41, 5.74) is 1.85. The minimum atomic E-state index is 0.347. The highest BCUT2D eigenvalue weighted by molar-refractivity contribution is 7.10. The zero-order chi connectivity index (χ0) is 12.9. The summed E-state index contributed by atoms with van der Waals surface area (Å²) >= 11 is 1.86. The van der Waals surface area contributed by atoms with Crippen LogP contribution < -0.4 is 5.32 Å². The lowest BCUT2D eigenvalue weighted by molar-refractivity contribution is 0.255. The summed E-state index contributed by atoms with van der Waals surface area (Å²) in [5.74, 6) is 0. The lowest BCUT2D eigenvalue weighted by Gasteiger charge is -2.31. The summed E-state index contributed by atoms with van der Waals surface area (Å²) in [6.07, 6.45) is 3.65. The van der Waals surface area contributed by atoms with E-state index in [4.69, 9.17) is 0 Å². The van der Waals surface area contributed by atoms with Crippen LogP contribution in [0.3, 0.4) is 0 Å². The Kier molecular flexibility index (Phi) is 5.68. The lowest BCUT2D eigenvalue weighted by atomic mass is 9.83. The van der Waals surface area contributed by atoms with E-state index in [9.17, 15) is 0 Å². The zero-order valence-electron chi connectivity index (χ0n) is 12.0. The van der Waals surface area contributed by atoms with E-state index in [1.165, 1.54) is 29.7 Å². The minimum absolute atomic E-state index is 0.347. The maximum absolute atomic E-state index is 3.69. The van der Waals surface area contributed by atoms with Crippen molar-refractivity contribution in [1.29, 1.82) is 0 Å². The molecule has 1 unspecified atom stereocenters. The number of aryl methyl sites for hydroxylation is 2. The Morgan fingerprint density at radius 2 is 2.06 bits per heavy atom. The molecule has 0 aliphatic carbocycles. The summed E-state index contributed by atoms with van der Waals surface area (Å²) in [5, 5.41) is 5.99. The van der Waals surface area contributed by atoms with Gasteiger partial charge in [-0.05, 0) is 55.2 Å². The summed E-state index contributed by atoms with van der Waals surface area (Å²) < 4.78 is 0. The normalized spacial score (nSPS) is 13.9. The van der Waals surface area contributed by atoms with Gasteiger partial charge in [0.15, 0.2) is 0 Å². The van der Waals surface area contributed by atoms with Crippen molar-refractivity contribution in [2.24, 2.45) is 5.41 Å². The molecule has 0 aliphatic heterocycles. The third-order valence-corrected chi connectivity index (χ3v) is 4.10. The second-order valence-corrected chi connectivity index (χ2v) is 7.09.